The molecule has 0 saturated carbocycles. The monoisotopic (exact) mass is 375 g/mol. The lowest BCUT2D eigenvalue weighted by Crippen LogP contribution is -2.81. The van der Waals surface area contributed by atoms with E-state index in [1.165, 1.54) is 19.1 Å². The van der Waals surface area contributed by atoms with E-state index in [2.05, 4.69) is 0 Å². The first-order valence-corrected chi connectivity index (χ1v) is 8.40. The number of hydrogen-bond donors (Lipinski definition) is 4. The van der Waals surface area contributed by atoms with E-state index in [1.54, 1.807) is 19.1 Å². The Kier molecular flexibility index (Phi) is 4.44. The van der Waals surface area contributed by atoms with Crippen molar-refractivity contribution in [2.45, 2.75) is 31.5 Å². The summed E-state index contributed by atoms with van der Waals surface area (Å²) < 4.78 is 5.65. The lowest BCUT2D eigenvalue weighted by molar-refractivity contribution is -0.167. The molecule has 1 saturated heterocycles. The van der Waals surface area contributed by atoms with Crippen molar-refractivity contribution in [1.82, 2.24) is 4.90 Å². The fourth-order valence-electron chi connectivity index (χ4n) is 3.79. The summed E-state index contributed by atoms with van der Waals surface area (Å²) in [5.41, 5.74) is 10.3. The number of amides is 2. The highest BCUT2D eigenvalue weighted by Gasteiger charge is 2.68. The number of carbonyl (C=O) groups excluding carboxylic acids is 2. The first-order valence-electron chi connectivity index (χ1n) is 8.40. The first kappa shape index (κ1) is 18.9. The number of carboxylic acids is 1. The molecule has 1 fully saturated rings. The van der Waals surface area contributed by atoms with Crippen LogP contribution in [-0.2, 0) is 9.59 Å². The van der Waals surface area contributed by atoms with E-state index in [0.717, 1.165) is 4.90 Å². The highest BCUT2D eigenvalue weighted by atomic mass is 16.5. The molecule has 2 aliphatic heterocycles. The molecule has 9 heteroatoms. The summed E-state index contributed by atoms with van der Waals surface area (Å²) in [5, 5.41) is 19.5. The summed E-state index contributed by atoms with van der Waals surface area (Å²) >= 11 is 0. The average molecular weight is 375 g/mol. The Morgan fingerprint density at radius 2 is 1.93 bits per heavy atom. The van der Waals surface area contributed by atoms with Crippen molar-refractivity contribution >= 4 is 17.8 Å². The minimum atomic E-state index is -1.52. The molecule has 0 radical (unpaired) electrons. The fraction of sp³-hybridized carbons (Fsp3) is 0.389. The molecule has 4 atom stereocenters. The van der Waals surface area contributed by atoms with Crippen LogP contribution >= 0.6 is 0 Å². The average Bonchev–Trinajstić information content (AvgIpc) is 2.89. The van der Waals surface area contributed by atoms with Gasteiger partial charge in [0.15, 0.2) is 0 Å². The number of ether oxygens (including phenoxy) is 1. The van der Waals surface area contributed by atoms with E-state index in [0.29, 0.717) is 16.9 Å². The molecule has 2 heterocycles. The van der Waals surface area contributed by atoms with E-state index in [9.17, 15) is 24.6 Å². The van der Waals surface area contributed by atoms with Gasteiger partial charge in [-0.2, -0.15) is 0 Å². The van der Waals surface area contributed by atoms with Gasteiger partial charge in [-0.05, 0) is 31.2 Å². The zero-order valence-corrected chi connectivity index (χ0v) is 14.9. The zero-order chi connectivity index (χ0) is 20.1. The van der Waals surface area contributed by atoms with Crippen LogP contribution in [0.2, 0.25) is 0 Å². The van der Waals surface area contributed by atoms with Gasteiger partial charge in [-0.25, -0.2) is 4.79 Å². The van der Waals surface area contributed by atoms with Gasteiger partial charge in [0.1, 0.15) is 23.6 Å². The Morgan fingerprint density at radius 1 is 1.33 bits per heavy atom. The minimum Gasteiger partial charge on any atom is -0.489 e. The molecule has 1 aromatic rings. The summed E-state index contributed by atoms with van der Waals surface area (Å²) in [4.78, 5) is 36.4. The van der Waals surface area contributed by atoms with E-state index in [4.69, 9.17) is 16.2 Å². The smallest absolute Gasteiger partial charge is 0.352 e. The van der Waals surface area contributed by atoms with Crippen LogP contribution in [0.5, 0.6) is 5.75 Å². The Bertz CT molecular complexity index is 847. The molecule has 0 bridgehead atoms. The van der Waals surface area contributed by atoms with Crippen molar-refractivity contribution in [3.63, 3.8) is 0 Å². The molecule has 27 heavy (non-hydrogen) atoms. The van der Waals surface area contributed by atoms with Crippen molar-refractivity contribution in [2.75, 3.05) is 6.61 Å². The molecule has 9 nitrogen and oxygen atoms in total. The van der Waals surface area contributed by atoms with E-state index < -0.39 is 41.4 Å². The number of β-lactam (4-membered cyclic amide) rings is 1. The number of aliphatic hydroxyl groups excluding tert-OH is 1. The second-order valence-corrected chi connectivity index (χ2v) is 6.87. The van der Waals surface area contributed by atoms with Gasteiger partial charge in [-0.3, -0.25) is 14.5 Å². The number of rotatable bonds is 6. The normalized spacial score (nSPS) is 27.9. The first-order chi connectivity index (χ1) is 12.6. The lowest BCUT2D eigenvalue weighted by atomic mass is 9.71. The molecule has 3 rings (SSSR count). The third-order valence-corrected chi connectivity index (χ3v) is 5.35. The SMILES string of the molecule is C[C@H]1C(COc2ccc(C(N)=O)cc2)=C(C(=O)O)N2C(=O)[C@](N)([C@@H](C)O)C12. The summed E-state index contributed by atoms with van der Waals surface area (Å²) in [6.45, 7) is 3.09. The maximum Gasteiger partial charge on any atom is 0.352 e. The number of nitrogens with zero attached hydrogens (tertiary/aromatic N) is 1. The quantitative estimate of drug-likeness (QED) is 0.486. The van der Waals surface area contributed by atoms with Crippen LogP contribution in [0, 0.1) is 5.92 Å². The molecule has 0 aliphatic carbocycles. The molecule has 2 amide bonds. The van der Waals surface area contributed by atoms with Crippen molar-refractivity contribution < 1.29 is 29.3 Å². The Balaban J connectivity index is 1.85. The van der Waals surface area contributed by atoms with Gasteiger partial charge in [0.05, 0.1) is 12.1 Å². The topological polar surface area (TPSA) is 156 Å². The molecule has 144 valence electrons. The summed E-state index contributed by atoms with van der Waals surface area (Å²) in [6.07, 6.45) is -1.12. The number of fused-ring (bicyclic) bond motifs is 1. The summed E-state index contributed by atoms with van der Waals surface area (Å²) in [6, 6.07) is 5.44. The Hall–Kier alpha value is -2.91. The van der Waals surface area contributed by atoms with E-state index in [1.807, 2.05) is 0 Å². The van der Waals surface area contributed by atoms with E-state index in [-0.39, 0.29) is 12.3 Å². The summed E-state index contributed by atoms with van der Waals surface area (Å²) in [5.74, 6) is -2.43. The van der Waals surface area contributed by atoms with Crippen LogP contribution in [0.25, 0.3) is 0 Å². The highest BCUT2D eigenvalue weighted by molar-refractivity contribution is 6.04. The predicted octanol–water partition coefficient (Wildman–Crippen LogP) is -0.558. The van der Waals surface area contributed by atoms with Crippen LogP contribution in [0.3, 0.4) is 0 Å². The van der Waals surface area contributed by atoms with Gasteiger partial charge in [-0.1, -0.05) is 6.92 Å². The van der Waals surface area contributed by atoms with Gasteiger partial charge in [-0.15, -0.1) is 0 Å². The number of benzene rings is 1. The molecule has 1 unspecified atom stereocenters. The fourth-order valence-corrected chi connectivity index (χ4v) is 3.79. The Morgan fingerprint density at radius 3 is 2.41 bits per heavy atom. The predicted molar refractivity (Wildman–Crippen MR) is 93.5 cm³/mol. The molecule has 1 aromatic carbocycles. The van der Waals surface area contributed by atoms with Crippen molar-refractivity contribution in [3.05, 3.63) is 41.1 Å². The van der Waals surface area contributed by atoms with Crippen molar-refractivity contribution in [3.8, 4) is 5.75 Å². The van der Waals surface area contributed by atoms with E-state index >= 15 is 0 Å². The third-order valence-electron chi connectivity index (χ3n) is 5.35. The Labute approximate surface area is 155 Å². The van der Waals surface area contributed by atoms with Gasteiger partial charge < -0.3 is 26.4 Å². The second-order valence-electron chi connectivity index (χ2n) is 6.87. The zero-order valence-electron chi connectivity index (χ0n) is 14.9. The number of hydrogen-bond acceptors (Lipinski definition) is 6. The van der Waals surface area contributed by atoms with Gasteiger partial charge in [0, 0.05) is 17.1 Å². The molecular formula is C18H21N3O6. The standard InChI is InChI=1S/C18H21N3O6/c1-8-12(7-27-11-5-3-10(4-6-11)15(19)23)13(16(24)25)21-14(8)18(20,9(2)22)17(21)26/h3-6,8-9,14,22H,7,20H2,1-2H3,(H2,19,23)(H,24,25)/t8-,9+,14?,18-/m0/s1. The summed E-state index contributed by atoms with van der Waals surface area (Å²) in [7, 11) is 0. The third kappa shape index (κ3) is 2.66. The number of primary amides is 1. The molecule has 0 aromatic heterocycles. The lowest BCUT2D eigenvalue weighted by Gasteiger charge is -2.53. The van der Waals surface area contributed by atoms with Gasteiger partial charge >= 0.3 is 5.97 Å². The van der Waals surface area contributed by atoms with Crippen LogP contribution < -0.4 is 16.2 Å². The van der Waals surface area contributed by atoms with Crippen LogP contribution in [0.1, 0.15) is 24.2 Å². The van der Waals surface area contributed by atoms with Gasteiger partial charge in [0.25, 0.3) is 5.91 Å². The maximum absolute atomic E-state index is 12.4. The van der Waals surface area contributed by atoms with Crippen LogP contribution in [0.15, 0.2) is 35.5 Å². The van der Waals surface area contributed by atoms with Gasteiger partial charge in [0.2, 0.25) is 5.91 Å². The maximum atomic E-state index is 12.4. The highest BCUT2D eigenvalue weighted by Crippen LogP contribution is 2.48. The molecule has 6 N–H and O–H groups in total. The van der Waals surface area contributed by atoms with Crippen molar-refractivity contribution in [2.24, 2.45) is 17.4 Å². The molecular weight excluding hydrogens is 354 g/mol. The second kappa shape index (κ2) is 6.36. The number of aliphatic hydroxyl groups is 1. The number of nitrogens with two attached hydrogens (primary N) is 2. The van der Waals surface area contributed by atoms with Crippen molar-refractivity contribution in [1.29, 1.82) is 0 Å². The van der Waals surface area contributed by atoms with Crippen LogP contribution in [-0.4, -0.2) is 57.2 Å². The molecule has 0 spiro atoms. The number of aliphatic carboxylic acids is 1. The molecule has 2 aliphatic rings. The number of carbonyl (C=O) groups is 3. The van der Waals surface area contributed by atoms with Crippen LogP contribution in [0.4, 0.5) is 0 Å². The largest absolute Gasteiger partial charge is 0.489 e. The minimum absolute atomic E-state index is 0.0745. The number of carboxylic acid groups (broad SMARTS) is 1.